The number of imide groups is 2. The van der Waals surface area contributed by atoms with Crippen molar-refractivity contribution in [3.8, 4) is 6.07 Å². The molecule has 0 aromatic carbocycles. The van der Waals surface area contributed by atoms with E-state index < -0.39 is 23.1 Å². The number of carbonyl (C=O) groups excluding carboxylic acids is 4. The fraction of sp³-hybridized carbons (Fsp3) is 0.667. The van der Waals surface area contributed by atoms with Crippen LogP contribution >= 0.6 is 23.5 Å². The van der Waals surface area contributed by atoms with Crippen LogP contribution in [0.25, 0.3) is 0 Å². The van der Waals surface area contributed by atoms with Gasteiger partial charge in [0.25, 0.3) is 0 Å². The number of thioether (sulfide) groups is 2. The summed E-state index contributed by atoms with van der Waals surface area (Å²) in [7, 11) is 0. The second-order valence-corrected chi connectivity index (χ2v) is 16.9. The molecule has 2 saturated carbocycles. The molecule has 13 atom stereocenters. The molecule has 0 spiro atoms. The van der Waals surface area contributed by atoms with E-state index in [1.807, 2.05) is 0 Å². The Balaban J connectivity index is 0.987. The number of carbonyl (C=O) groups is 4. The topological polar surface area (TPSA) is 98.6 Å². The lowest BCUT2D eigenvalue weighted by Crippen LogP contribution is -2.63. The van der Waals surface area contributed by atoms with Gasteiger partial charge in [-0.1, -0.05) is 31.6 Å². The number of allylic oxidation sites excluding steroid dienone is 4. The maximum Gasteiger partial charge on any atom is 0.234 e. The summed E-state index contributed by atoms with van der Waals surface area (Å²) in [5.74, 6) is -1.99. The van der Waals surface area contributed by atoms with Gasteiger partial charge < -0.3 is 0 Å². The Bertz CT molecular complexity index is 1450. The Labute approximate surface area is 254 Å². The molecule has 2 bridgehead atoms. The van der Waals surface area contributed by atoms with E-state index >= 15 is 0 Å². The molecule has 7 nitrogen and oxygen atoms in total. The number of likely N-dealkylation sites (tertiary alicyclic amines) is 2. The van der Waals surface area contributed by atoms with E-state index in [2.05, 4.69) is 32.1 Å². The Morgan fingerprint density at radius 1 is 0.738 bits per heavy atom. The fourth-order valence-corrected chi connectivity index (χ4v) is 13.6. The number of hydrogen-bond acceptors (Lipinski definition) is 7. The minimum absolute atomic E-state index is 0.0512. The standard InChI is InChI=1S/C33H35N3O4S2/c1-13-3-7-20-15(9-13)11-22(41-20)35-31(39)27-23-16-5-6-17(24(23)28(27)32(35)40)26-25(16)29(37)36(30(26)38)33-19(12-34)18-10-14(2)4-8-21(18)42-33/h5-6,13-14,16-17,19,22-28,33H,3-4,7-11H2,1-2H3. The summed E-state index contributed by atoms with van der Waals surface area (Å²) in [6, 6.07) is 2.46. The van der Waals surface area contributed by atoms with Gasteiger partial charge in [0.15, 0.2) is 0 Å². The molecule has 0 radical (unpaired) electrons. The SMILES string of the molecule is CC1CCC2=C(C1)CC(N1C(=O)C3C(C1=O)C1C4C=CC(C5C(=O)N(C6SC7=C(CC(C)CC7)C6C#N)C(=O)C45)C31)S2. The van der Waals surface area contributed by atoms with Gasteiger partial charge in [-0.2, -0.15) is 5.26 Å². The van der Waals surface area contributed by atoms with E-state index in [1.165, 1.54) is 26.7 Å². The monoisotopic (exact) mass is 601 g/mol. The van der Waals surface area contributed by atoms with E-state index in [1.54, 1.807) is 28.4 Å². The molecule has 0 aromatic rings. The fourth-order valence-electron chi connectivity index (χ4n) is 10.6. The third-order valence-electron chi connectivity index (χ3n) is 12.4. The lowest BCUT2D eigenvalue weighted by atomic mass is 9.40. The Kier molecular flexibility index (Phi) is 5.52. The molecule has 6 aliphatic carbocycles. The average molecular weight is 602 g/mol. The highest BCUT2D eigenvalue weighted by Crippen LogP contribution is 2.69. The van der Waals surface area contributed by atoms with Gasteiger partial charge in [-0.15, -0.1) is 23.5 Å². The van der Waals surface area contributed by atoms with E-state index in [-0.39, 0.29) is 64.5 Å². The van der Waals surface area contributed by atoms with Crippen molar-refractivity contribution in [1.29, 1.82) is 5.26 Å². The lowest BCUT2D eigenvalue weighted by molar-refractivity contribution is -0.166. The number of amides is 4. The number of nitriles is 1. The van der Waals surface area contributed by atoms with E-state index in [4.69, 9.17) is 0 Å². The van der Waals surface area contributed by atoms with Crippen LogP contribution in [0.2, 0.25) is 0 Å². The van der Waals surface area contributed by atoms with Crippen LogP contribution in [-0.2, 0) is 19.2 Å². The molecule has 42 heavy (non-hydrogen) atoms. The van der Waals surface area contributed by atoms with Crippen LogP contribution in [0.1, 0.15) is 58.8 Å². The normalized spacial score (nSPS) is 48.4. The van der Waals surface area contributed by atoms with Crippen LogP contribution in [-0.4, -0.2) is 44.2 Å². The second kappa shape index (κ2) is 8.88. The first-order valence-corrected chi connectivity index (χ1v) is 17.6. The lowest BCUT2D eigenvalue weighted by Gasteiger charge is -2.60. The second-order valence-electron chi connectivity index (χ2n) is 14.5. The zero-order chi connectivity index (χ0) is 28.8. The molecule has 0 aromatic heterocycles. The van der Waals surface area contributed by atoms with Gasteiger partial charge >= 0.3 is 0 Å². The molecule has 9 heteroatoms. The van der Waals surface area contributed by atoms with Gasteiger partial charge in [0.05, 0.1) is 41.0 Å². The summed E-state index contributed by atoms with van der Waals surface area (Å²) in [4.78, 5) is 61.9. The summed E-state index contributed by atoms with van der Waals surface area (Å²) in [5.41, 5.74) is 2.56. The zero-order valence-electron chi connectivity index (χ0n) is 23.9. The quantitative estimate of drug-likeness (QED) is 0.322. The van der Waals surface area contributed by atoms with Gasteiger partial charge in [0.2, 0.25) is 23.6 Å². The van der Waals surface area contributed by atoms with Crippen molar-refractivity contribution in [3.05, 3.63) is 33.1 Å². The first kappa shape index (κ1) is 26.1. The molecule has 4 fully saturated rings. The summed E-state index contributed by atoms with van der Waals surface area (Å²) >= 11 is 3.29. The number of hydrogen-bond donors (Lipinski definition) is 0. The maximum absolute atomic E-state index is 14.2. The number of rotatable bonds is 2. The molecular formula is C33H35N3O4S2. The van der Waals surface area contributed by atoms with Crippen LogP contribution in [0.15, 0.2) is 33.1 Å². The minimum Gasteiger partial charge on any atom is -0.274 e. The number of nitrogens with zero attached hydrogens (tertiary/aromatic N) is 3. The van der Waals surface area contributed by atoms with Gasteiger partial charge in [0, 0.05) is 6.42 Å². The van der Waals surface area contributed by atoms with Gasteiger partial charge in [0.1, 0.15) is 5.37 Å². The van der Waals surface area contributed by atoms with Crippen LogP contribution in [0.3, 0.4) is 0 Å². The summed E-state index contributed by atoms with van der Waals surface area (Å²) in [5, 5.41) is 9.55. The molecule has 4 aliphatic heterocycles. The van der Waals surface area contributed by atoms with Gasteiger partial charge in [-0.3, -0.25) is 29.0 Å². The Morgan fingerprint density at radius 3 is 1.93 bits per heavy atom. The highest BCUT2D eigenvalue weighted by molar-refractivity contribution is 8.04. The largest absolute Gasteiger partial charge is 0.274 e. The average Bonchev–Trinajstić information content (AvgIpc) is 3.64. The van der Waals surface area contributed by atoms with Crippen molar-refractivity contribution in [2.24, 2.45) is 65.1 Å². The van der Waals surface area contributed by atoms with Crippen molar-refractivity contribution in [2.75, 3.05) is 0 Å². The van der Waals surface area contributed by atoms with Gasteiger partial charge in [-0.25, -0.2) is 0 Å². The number of fused-ring (bicyclic) bond motifs is 1. The van der Waals surface area contributed by atoms with E-state index in [9.17, 15) is 24.4 Å². The summed E-state index contributed by atoms with van der Waals surface area (Å²) in [6.45, 7) is 4.48. The molecule has 10 aliphatic rings. The van der Waals surface area contributed by atoms with Crippen LogP contribution in [0.5, 0.6) is 0 Å². The van der Waals surface area contributed by atoms with Crippen molar-refractivity contribution in [1.82, 2.24) is 9.80 Å². The highest BCUT2D eigenvalue weighted by Gasteiger charge is 2.76. The Morgan fingerprint density at radius 2 is 1.31 bits per heavy atom. The smallest absolute Gasteiger partial charge is 0.234 e. The van der Waals surface area contributed by atoms with E-state index in [0.29, 0.717) is 11.8 Å². The Hall–Kier alpha value is -2.31. The van der Waals surface area contributed by atoms with Crippen LogP contribution in [0.4, 0.5) is 0 Å². The van der Waals surface area contributed by atoms with E-state index in [0.717, 1.165) is 44.1 Å². The molecule has 2 saturated heterocycles. The third kappa shape index (κ3) is 3.16. The van der Waals surface area contributed by atoms with Gasteiger partial charge in [-0.05, 0) is 89.4 Å². The highest BCUT2D eigenvalue weighted by atomic mass is 32.2. The van der Waals surface area contributed by atoms with Crippen LogP contribution in [0, 0.1) is 76.4 Å². The van der Waals surface area contributed by atoms with Crippen molar-refractivity contribution < 1.29 is 19.2 Å². The van der Waals surface area contributed by atoms with Crippen LogP contribution < -0.4 is 0 Å². The molecule has 0 N–H and O–H groups in total. The summed E-state index contributed by atoms with van der Waals surface area (Å²) < 4.78 is 0. The first-order valence-electron chi connectivity index (χ1n) is 15.9. The molecular weight excluding hydrogens is 567 g/mol. The molecule has 218 valence electrons. The van der Waals surface area contributed by atoms with Crippen molar-refractivity contribution in [3.63, 3.8) is 0 Å². The zero-order valence-corrected chi connectivity index (χ0v) is 25.5. The third-order valence-corrected chi connectivity index (χ3v) is 15.3. The van der Waals surface area contributed by atoms with Crippen molar-refractivity contribution in [2.45, 2.75) is 69.5 Å². The maximum atomic E-state index is 14.2. The molecule has 10 rings (SSSR count). The molecule has 4 heterocycles. The first-order chi connectivity index (χ1) is 20.3. The summed E-state index contributed by atoms with van der Waals surface area (Å²) in [6.07, 6.45) is 11.1. The minimum atomic E-state index is -0.494. The van der Waals surface area contributed by atoms with Crippen molar-refractivity contribution >= 4 is 47.2 Å². The molecule has 13 unspecified atom stereocenters. The predicted octanol–water partition coefficient (Wildman–Crippen LogP) is 5.07. The predicted molar refractivity (Wildman–Crippen MR) is 157 cm³/mol. The molecule has 4 amide bonds.